The van der Waals surface area contributed by atoms with E-state index in [1.165, 1.54) is 0 Å². The first-order valence-electron chi connectivity index (χ1n) is 6.34. The van der Waals surface area contributed by atoms with Crippen molar-refractivity contribution < 1.29 is 13.0 Å². The number of unbranched alkanes of at least 4 members (excludes halogenated alkanes) is 1. The predicted molar refractivity (Wildman–Crippen MR) is 77.8 cm³/mol. The number of benzene rings is 1. The zero-order valence-corrected chi connectivity index (χ0v) is 13.1. The molecule has 19 heavy (non-hydrogen) atoms. The normalized spacial score (nSPS) is 12.2. The largest absolute Gasteiger partial charge is 0.240 e. The molecule has 0 aliphatic heterocycles. The average molecular weight is 299 g/mol. The summed E-state index contributed by atoms with van der Waals surface area (Å²) < 4.78 is 30.1. The number of aromatic nitrogens is 1. The van der Waals surface area contributed by atoms with Crippen LogP contribution in [-0.4, -0.2) is 15.0 Å². The highest BCUT2D eigenvalue weighted by Crippen LogP contribution is 2.22. The fraction of sp³-hybridized carbons (Fsp3) is 0.462. The summed E-state index contributed by atoms with van der Waals surface area (Å²) in [7, 11) is -1.44. The highest BCUT2D eigenvalue weighted by molar-refractivity contribution is 7.89. The van der Waals surface area contributed by atoms with Crippen LogP contribution in [0.1, 0.15) is 24.8 Å². The number of fused-ring (bicyclic) bond motifs is 1. The molecule has 104 valence electrons. The average Bonchev–Trinajstić information content (AvgIpc) is 2.65. The SMILES string of the molecule is CCCCNS(=O)(=O)c1ccc2sc(C)[n+](C)c2c1. The summed E-state index contributed by atoms with van der Waals surface area (Å²) in [5, 5.41) is 1.16. The molecule has 0 saturated carbocycles. The fourth-order valence-electron chi connectivity index (χ4n) is 1.88. The Balaban J connectivity index is 2.37. The van der Waals surface area contributed by atoms with Crippen molar-refractivity contribution in [2.75, 3.05) is 6.54 Å². The number of aryl methyl sites for hydroxylation is 2. The number of nitrogens with zero attached hydrogens (tertiary/aromatic N) is 1. The Morgan fingerprint density at radius 1 is 1.37 bits per heavy atom. The van der Waals surface area contributed by atoms with Crippen LogP contribution in [-0.2, 0) is 17.1 Å². The van der Waals surface area contributed by atoms with Gasteiger partial charge in [0.1, 0.15) is 11.7 Å². The molecule has 0 fully saturated rings. The molecule has 2 rings (SSSR count). The van der Waals surface area contributed by atoms with Crippen molar-refractivity contribution in [2.24, 2.45) is 7.05 Å². The fourth-order valence-corrected chi connectivity index (χ4v) is 3.96. The molecule has 6 heteroatoms. The van der Waals surface area contributed by atoms with E-state index in [1.54, 1.807) is 23.5 Å². The standard InChI is InChI=1S/C13H19N2O2S2/c1-4-5-8-14-19(16,17)11-6-7-13-12(9-11)15(3)10(2)18-13/h6-7,9,14H,4-5,8H2,1-3H3/q+1. The van der Waals surface area contributed by atoms with Gasteiger partial charge in [0.2, 0.25) is 20.5 Å². The maximum atomic E-state index is 12.2. The van der Waals surface area contributed by atoms with Gasteiger partial charge in [-0.3, -0.25) is 0 Å². The Morgan fingerprint density at radius 3 is 2.79 bits per heavy atom. The quantitative estimate of drug-likeness (QED) is 0.679. The molecule has 0 saturated heterocycles. The third kappa shape index (κ3) is 2.96. The van der Waals surface area contributed by atoms with Gasteiger partial charge in [-0.05, 0) is 18.6 Å². The monoisotopic (exact) mass is 299 g/mol. The highest BCUT2D eigenvalue weighted by Gasteiger charge is 2.19. The maximum Gasteiger partial charge on any atom is 0.240 e. The lowest BCUT2D eigenvalue weighted by Crippen LogP contribution is -2.29. The first-order valence-corrected chi connectivity index (χ1v) is 8.64. The van der Waals surface area contributed by atoms with Gasteiger partial charge in [-0.15, -0.1) is 0 Å². The number of thiazole rings is 1. The Labute approximate surface area is 118 Å². The minimum absolute atomic E-state index is 0.338. The second-order valence-corrected chi connectivity index (χ2v) is 7.56. The lowest BCUT2D eigenvalue weighted by atomic mass is 10.3. The molecule has 1 heterocycles. The van der Waals surface area contributed by atoms with Crippen molar-refractivity contribution >= 4 is 31.6 Å². The van der Waals surface area contributed by atoms with E-state index in [1.807, 2.05) is 31.5 Å². The van der Waals surface area contributed by atoms with E-state index in [9.17, 15) is 8.42 Å². The summed E-state index contributed by atoms with van der Waals surface area (Å²) in [4.78, 5) is 0.338. The summed E-state index contributed by atoms with van der Waals surface area (Å²) >= 11 is 1.67. The molecule has 0 spiro atoms. The van der Waals surface area contributed by atoms with Crippen LogP contribution >= 0.6 is 11.3 Å². The third-order valence-corrected chi connectivity index (χ3v) is 5.75. The first-order chi connectivity index (χ1) is 8.95. The number of hydrogen-bond donors (Lipinski definition) is 1. The molecular formula is C13H19N2O2S2+. The molecule has 1 aromatic carbocycles. The molecule has 4 nitrogen and oxygen atoms in total. The molecule has 0 atom stereocenters. The van der Waals surface area contributed by atoms with E-state index in [0.717, 1.165) is 28.1 Å². The van der Waals surface area contributed by atoms with Gasteiger partial charge in [0.15, 0.2) is 0 Å². The van der Waals surface area contributed by atoms with E-state index in [2.05, 4.69) is 4.72 Å². The van der Waals surface area contributed by atoms with Crippen molar-refractivity contribution in [3.63, 3.8) is 0 Å². The van der Waals surface area contributed by atoms with Crippen molar-refractivity contribution in [3.8, 4) is 0 Å². The molecule has 0 aliphatic carbocycles. The highest BCUT2D eigenvalue weighted by atomic mass is 32.2. The van der Waals surface area contributed by atoms with Gasteiger partial charge in [-0.2, -0.15) is 4.57 Å². The minimum Gasteiger partial charge on any atom is -0.211 e. The van der Waals surface area contributed by atoms with Crippen molar-refractivity contribution in [2.45, 2.75) is 31.6 Å². The Kier molecular flexibility index (Phi) is 4.23. The van der Waals surface area contributed by atoms with E-state index in [0.29, 0.717) is 11.4 Å². The molecule has 1 N–H and O–H groups in total. The topological polar surface area (TPSA) is 50.1 Å². The maximum absolute atomic E-state index is 12.2. The van der Waals surface area contributed by atoms with Crippen LogP contribution in [0.25, 0.3) is 10.2 Å². The molecule has 0 bridgehead atoms. The minimum atomic E-state index is -3.39. The van der Waals surface area contributed by atoms with E-state index < -0.39 is 10.0 Å². The predicted octanol–water partition coefficient (Wildman–Crippen LogP) is 2.11. The summed E-state index contributed by atoms with van der Waals surface area (Å²) in [6.07, 6.45) is 1.83. The second-order valence-electron chi connectivity index (χ2n) is 4.56. The van der Waals surface area contributed by atoms with Gasteiger partial charge in [-0.1, -0.05) is 24.7 Å². The van der Waals surface area contributed by atoms with E-state index in [4.69, 9.17) is 0 Å². The summed E-state index contributed by atoms with van der Waals surface area (Å²) in [6, 6.07) is 5.29. The zero-order valence-electron chi connectivity index (χ0n) is 11.4. The van der Waals surface area contributed by atoms with Crippen LogP contribution < -0.4 is 9.29 Å². The lowest BCUT2D eigenvalue weighted by Gasteiger charge is -2.05. The van der Waals surface area contributed by atoms with Crippen LogP contribution in [0, 0.1) is 6.92 Å². The molecule has 0 amide bonds. The van der Waals surface area contributed by atoms with Gasteiger partial charge >= 0.3 is 0 Å². The lowest BCUT2D eigenvalue weighted by molar-refractivity contribution is -0.646. The Bertz CT molecular complexity index is 690. The second kappa shape index (κ2) is 5.56. The number of nitrogens with one attached hydrogen (secondary N) is 1. The van der Waals surface area contributed by atoms with Crippen LogP contribution in [0.2, 0.25) is 0 Å². The molecule has 1 aromatic heterocycles. The zero-order chi connectivity index (χ0) is 14.0. The number of hydrogen-bond acceptors (Lipinski definition) is 3. The molecule has 0 aliphatic rings. The van der Waals surface area contributed by atoms with Crippen LogP contribution in [0.15, 0.2) is 23.1 Å². The molecular weight excluding hydrogens is 280 g/mol. The Morgan fingerprint density at radius 2 is 2.11 bits per heavy atom. The Hall–Kier alpha value is -0.980. The molecule has 0 unspecified atom stereocenters. The van der Waals surface area contributed by atoms with Gasteiger partial charge in [0, 0.05) is 19.5 Å². The van der Waals surface area contributed by atoms with E-state index in [-0.39, 0.29) is 0 Å². The number of sulfonamides is 1. The van der Waals surface area contributed by atoms with Crippen LogP contribution in [0.4, 0.5) is 0 Å². The van der Waals surface area contributed by atoms with Crippen LogP contribution in [0.3, 0.4) is 0 Å². The van der Waals surface area contributed by atoms with Gasteiger partial charge < -0.3 is 0 Å². The van der Waals surface area contributed by atoms with Gasteiger partial charge in [-0.25, -0.2) is 13.1 Å². The van der Waals surface area contributed by atoms with Gasteiger partial charge in [0.25, 0.3) is 0 Å². The molecule has 2 aromatic rings. The van der Waals surface area contributed by atoms with Crippen LogP contribution in [0.5, 0.6) is 0 Å². The number of rotatable bonds is 5. The summed E-state index contributed by atoms with van der Waals surface area (Å²) in [6.45, 7) is 4.55. The van der Waals surface area contributed by atoms with Crippen molar-refractivity contribution in [3.05, 3.63) is 23.2 Å². The molecule has 0 radical (unpaired) electrons. The third-order valence-electron chi connectivity index (χ3n) is 3.15. The summed E-state index contributed by atoms with van der Waals surface area (Å²) in [5.74, 6) is 0. The van der Waals surface area contributed by atoms with Crippen molar-refractivity contribution in [1.82, 2.24) is 4.72 Å². The van der Waals surface area contributed by atoms with E-state index >= 15 is 0 Å². The first kappa shape index (κ1) is 14.4. The smallest absolute Gasteiger partial charge is 0.211 e. The van der Waals surface area contributed by atoms with Gasteiger partial charge in [0.05, 0.1) is 4.90 Å². The summed E-state index contributed by atoms with van der Waals surface area (Å²) in [5.41, 5.74) is 0.959. The van der Waals surface area contributed by atoms with Crippen molar-refractivity contribution in [1.29, 1.82) is 0 Å².